The summed E-state index contributed by atoms with van der Waals surface area (Å²) in [5.74, 6) is 1.05. The zero-order chi connectivity index (χ0) is 15.8. The molecule has 1 aliphatic rings. The first-order valence-corrected chi connectivity index (χ1v) is 9.54. The molecule has 2 atom stereocenters. The van der Waals surface area contributed by atoms with Crippen LogP contribution in [0.2, 0.25) is 0 Å². The van der Waals surface area contributed by atoms with Gasteiger partial charge in [0.1, 0.15) is 5.82 Å². The van der Waals surface area contributed by atoms with Crippen LogP contribution in [0.5, 0.6) is 0 Å². The zero-order valence-electron chi connectivity index (χ0n) is 13.7. The lowest BCUT2D eigenvalue weighted by Crippen LogP contribution is -2.48. The standard InChI is InChI=1S/C16H28N4OS/c1-13-17-10-12-20(13)11-6-5-9-18-16(21)19-14-7-3-4-8-15(14)22-2/h10,12,14-15H,3-9,11H2,1-2H3,(H2,18,19,21)/t14-,15+/m0/s1. The van der Waals surface area contributed by atoms with Gasteiger partial charge in [0.25, 0.3) is 0 Å². The van der Waals surface area contributed by atoms with Crippen molar-refractivity contribution in [1.29, 1.82) is 0 Å². The highest BCUT2D eigenvalue weighted by atomic mass is 32.2. The van der Waals surface area contributed by atoms with Gasteiger partial charge in [-0.25, -0.2) is 9.78 Å². The lowest BCUT2D eigenvalue weighted by Gasteiger charge is -2.30. The normalized spacial score (nSPS) is 21.5. The quantitative estimate of drug-likeness (QED) is 0.758. The Bertz CT molecular complexity index is 463. The maximum Gasteiger partial charge on any atom is 0.315 e. The van der Waals surface area contributed by atoms with Crippen LogP contribution in [0.25, 0.3) is 0 Å². The second-order valence-electron chi connectivity index (χ2n) is 5.94. The number of nitrogens with one attached hydrogen (secondary N) is 2. The Balaban J connectivity index is 1.58. The minimum Gasteiger partial charge on any atom is -0.338 e. The van der Waals surface area contributed by atoms with E-state index in [-0.39, 0.29) is 6.03 Å². The summed E-state index contributed by atoms with van der Waals surface area (Å²) in [6.45, 7) is 3.71. The molecule has 0 aliphatic heterocycles. The van der Waals surface area contributed by atoms with Crippen molar-refractivity contribution < 1.29 is 4.79 Å². The fourth-order valence-corrected chi connectivity index (χ4v) is 3.95. The Kier molecular flexibility index (Phi) is 7.09. The van der Waals surface area contributed by atoms with E-state index in [0.29, 0.717) is 11.3 Å². The van der Waals surface area contributed by atoms with Gasteiger partial charge in [-0.05, 0) is 38.9 Å². The SMILES string of the molecule is CS[C@@H]1CCCC[C@@H]1NC(=O)NCCCCn1ccnc1C. The lowest BCUT2D eigenvalue weighted by atomic mass is 9.95. The summed E-state index contributed by atoms with van der Waals surface area (Å²) in [5, 5.41) is 6.71. The monoisotopic (exact) mass is 324 g/mol. The van der Waals surface area contributed by atoms with Crippen molar-refractivity contribution in [3.8, 4) is 0 Å². The third-order valence-corrected chi connectivity index (χ3v) is 5.53. The van der Waals surface area contributed by atoms with Crippen LogP contribution in [-0.2, 0) is 6.54 Å². The lowest BCUT2D eigenvalue weighted by molar-refractivity contribution is 0.233. The second-order valence-corrected chi connectivity index (χ2v) is 7.02. The highest BCUT2D eigenvalue weighted by molar-refractivity contribution is 7.99. The Hall–Kier alpha value is -1.17. The van der Waals surface area contributed by atoms with Gasteiger partial charge in [-0.1, -0.05) is 12.8 Å². The summed E-state index contributed by atoms with van der Waals surface area (Å²) in [6, 6.07) is 0.321. The molecule has 0 aromatic carbocycles. The number of hydrogen-bond donors (Lipinski definition) is 2. The maximum atomic E-state index is 12.0. The van der Waals surface area contributed by atoms with Crippen molar-refractivity contribution in [2.75, 3.05) is 12.8 Å². The largest absolute Gasteiger partial charge is 0.338 e. The van der Waals surface area contributed by atoms with E-state index in [1.165, 1.54) is 19.3 Å². The molecule has 2 rings (SSSR count). The second kappa shape index (κ2) is 9.08. The van der Waals surface area contributed by atoms with Crippen LogP contribution in [0.15, 0.2) is 12.4 Å². The molecular weight excluding hydrogens is 296 g/mol. The Labute approximate surface area is 137 Å². The molecule has 1 aliphatic carbocycles. The van der Waals surface area contributed by atoms with E-state index in [2.05, 4.69) is 26.4 Å². The zero-order valence-corrected chi connectivity index (χ0v) is 14.5. The average molecular weight is 324 g/mol. The number of urea groups is 1. The average Bonchev–Trinajstić information content (AvgIpc) is 2.93. The van der Waals surface area contributed by atoms with Crippen LogP contribution in [0.1, 0.15) is 44.3 Å². The molecule has 2 N–H and O–H groups in total. The van der Waals surface area contributed by atoms with E-state index in [0.717, 1.165) is 38.2 Å². The number of aromatic nitrogens is 2. The number of unbranched alkanes of at least 4 members (excludes halogenated alkanes) is 1. The fourth-order valence-electron chi connectivity index (χ4n) is 3.01. The van der Waals surface area contributed by atoms with Gasteiger partial charge in [0.15, 0.2) is 0 Å². The number of hydrogen-bond acceptors (Lipinski definition) is 3. The molecule has 0 unspecified atom stereocenters. The van der Waals surface area contributed by atoms with E-state index in [4.69, 9.17) is 0 Å². The van der Waals surface area contributed by atoms with Crippen LogP contribution < -0.4 is 10.6 Å². The summed E-state index contributed by atoms with van der Waals surface area (Å²) >= 11 is 1.88. The van der Waals surface area contributed by atoms with Gasteiger partial charge in [-0.3, -0.25) is 0 Å². The van der Waals surface area contributed by atoms with Crippen LogP contribution in [0.3, 0.4) is 0 Å². The van der Waals surface area contributed by atoms with Crippen LogP contribution in [0, 0.1) is 6.92 Å². The smallest absolute Gasteiger partial charge is 0.315 e. The molecule has 0 spiro atoms. The van der Waals surface area contributed by atoms with Gasteiger partial charge in [-0.2, -0.15) is 11.8 Å². The van der Waals surface area contributed by atoms with E-state index in [9.17, 15) is 4.79 Å². The van der Waals surface area contributed by atoms with Crippen LogP contribution in [0.4, 0.5) is 4.79 Å². The molecule has 1 fully saturated rings. The predicted octanol–water partition coefficient (Wildman–Crippen LogP) is 2.95. The van der Waals surface area contributed by atoms with Gasteiger partial charge in [0.05, 0.1) is 0 Å². The number of nitrogens with zero attached hydrogens (tertiary/aromatic N) is 2. The van der Waals surface area contributed by atoms with E-state index < -0.39 is 0 Å². The maximum absolute atomic E-state index is 12.0. The molecule has 0 saturated heterocycles. The molecule has 0 bridgehead atoms. The van der Waals surface area contributed by atoms with Gasteiger partial charge in [0, 0.05) is 36.8 Å². The van der Waals surface area contributed by atoms with Crippen molar-refractivity contribution in [1.82, 2.24) is 20.2 Å². The van der Waals surface area contributed by atoms with Crippen molar-refractivity contribution in [2.24, 2.45) is 0 Å². The molecule has 1 aromatic heterocycles. The first-order valence-electron chi connectivity index (χ1n) is 8.25. The molecule has 22 heavy (non-hydrogen) atoms. The summed E-state index contributed by atoms with van der Waals surface area (Å²) in [5.41, 5.74) is 0. The number of imidazole rings is 1. The minimum absolute atomic E-state index is 0.00948. The fraction of sp³-hybridized carbons (Fsp3) is 0.750. The van der Waals surface area contributed by atoms with Gasteiger partial charge >= 0.3 is 6.03 Å². The van der Waals surface area contributed by atoms with Crippen LogP contribution >= 0.6 is 11.8 Å². The molecule has 1 heterocycles. The molecule has 1 aromatic rings. The molecule has 124 valence electrons. The number of thioether (sulfide) groups is 1. The molecule has 6 heteroatoms. The van der Waals surface area contributed by atoms with Gasteiger partial charge in [-0.15, -0.1) is 0 Å². The molecule has 5 nitrogen and oxygen atoms in total. The minimum atomic E-state index is -0.00948. The van der Waals surface area contributed by atoms with Crippen LogP contribution in [-0.4, -0.2) is 39.7 Å². The topological polar surface area (TPSA) is 59.0 Å². The number of amides is 2. The summed E-state index contributed by atoms with van der Waals surface area (Å²) < 4.78 is 2.14. The molecule has 2 amide bonds. The predicted molar refractivity (Wildman–Crippen MR) is 92.3 cm³/mol. The highest BCUT2D eigenvalue weighted by Gasteiger charge is 2.25. The van der Waals surface area contributed by atoms with Crippen molar-refractivity contribution >= 4 is 17.8 Å². The van der Waals surface area contributed by atoms with Crippen molar-refractivity contribution in [2.45, 2.75) is 63.3 Å². The Morgan fingerprint density at radius 1 is 1.41 bits per heavy atom. The van der Waals surface area contributed by atoms with Gasteiger partial charge < -0.3 is 15.2 Å². The molecule has 1 saturated carbocycles. The number of carbonyl (C=O) groups is 1. The molecule has 0 radical (unpaired) electrons. The molecular formula is C16H28N4OS. The summed E-state index contributed by atoms with van der Waals surface area (Å²) in [4.78, 5) is 16.2. The first-order chi connectivity index (χ1) is 10.7. The highest BCUT2D eigenvalue weighted by Crippen LogP contribution is 2.26. The van der Waals surface area contributed by atoms with E-state index >= 15 is 0 Å². The van der Waals surface area contributed by atoms with Crippen molar-refractivity contribution in [3.05, 3.63) is 18.2 Å². The number of aryl methyl sites for hydroxylation is 2. The van der Waals surface area contributed by atoms with E-state index in [1.807, 2.05) is 31.1 Å². The Morgan fingerprint density at radius 3 is 2.95 bits per heavy atom. The number of rotatable bonds is 7. The van der Waals surface area contributed by atoms with Crippen molar-refractivity contribution in [3.63, 3.8) is 0 Å². The van der Waals surface area contributed by atoms with Gasteiger partial charge in [0.2, 0.25) is 0 Å². The number of carbonyl (C=O) groups excluding carboxylic acids is 1. The summed E-state index contributed by atoms with van der Waals surface area (Å²) in [7, 11) is 0. The van der Waals surface area contributed by atoms with E-state index in [1.54, 1.807) is 0 Å². The third kappa shape index (κ3) is 5.23. The first kappa shape index (κ1) is 17.2. The Morgan fingerprint density at radius 2 is 2.23 bits per heavy atom. The third-order valence-electron chi connectivity index (χ3n) is 4.36. The summed E-state index contributed by atoms with van der Waals surface area (Å²) in [6.07, 6.45) is 12.9.